The van der Waals surface area contributed by atoms with Crippen LogP contribution in [0.3, 0.4) is 0 Å². The standard InChI is InChI=1S/CH2.2H3O3PS.Zn/c;2*1-4(2,3)5;/h1H2;2*(H3,1,2,3,5);. The van der Waals surface area contributed by atoms with Crippen LogP contribution in [-0.2, 0) is 43.1 Å². The van der Waals surface area contributed by atoms with Gasteiger partial charge in [0.2, 0.25) is 0 Å². The summed E-state index contributed by atoms with van der Waals surface area (Å²) in [6.45, 7) is -7.61. The largest absolute Gasteiger partial charge is 0.325 e. The van der Waals surface area contributed by atoms with E-state index in [0.29, 0.717) is 0 Å². The second-order valence-corrected chi connectivity index (χ2v) is 6.02. The van der Waals surface area contributed by atoms with Gasteiger partial charge in [-0.15, -0.1) is 0 Å². The van der Waals surface area contributed by atoms with Crippen LogP contribution in [0.25, 0.3) is 0 Å². The topological polar surface area (TPSA) is 121 Å². The molecular formula is CH8O6P2S2Zn. The average Bonchev–Trinajstić information content (AvgIpc) is 1.12. The van der Waals surface area contributed by atoms with Gasteiger partial charge in [0.25, 0.3) is 0 Å². The zero-order valence-corrected chi connectivity index (χ0v) is 12.2. The summed E-state index contributed by atoms with van der Waals surface area (Å²) in [6, 6.07) is 0. The van der Waals surface area contributed by atoms with E-state index < -0.39 is 13.4 Å². The van der Waals surface area contributed by atoms with Crippen molar-refractivity contribution < 1.29 is 48.8 Å². The van der Waals surface area contributed by atoms with Crippen LogP contribution in [-0.4, -0.2) is 29.4 Å². The Morgan fingerprint density at radius 3 is 0.667 bits per heavy atom. The summed E-state index contributed by atoms with van der Waals surface area (Å²) in [7, 11) is 0. The Labute approximate surface area is 93.2 Å². The molecule has 0 saturated heterocycles. The van der Waals surface area contributed by atoms with Crippen molar-refractivity contribution in [2.24, 2.45) is 0 Å². The molecular weight excluding hydrogens is 299 g/mol. The summed E-state index contributed by atoms with van der Waals surface area (Å²) in [5, 5.41) is 0. The first kappa shape index (κ1) is 23.5. The molecule has 6 N–H and O–H groups in total. The first-order valence-electron chi connectivity index (χ1n) is 1.57. The molecule has 0 aliphatic rings. The molecule has 0 amide bonds. The van der Waals surface area contributed by atoms with Gasteiger partial charge in [-0.1, -0.05) is 7.43 Å². The Morgan fingerprint density at radius 1 is 0.667 bits per heavy atom. The van der Waals surface area contributed by atoms with E-state index in [1.165, 1.54) is 0 Å². The minimum absolute atomic E-state index is 0. The van der Waals surface area contributed by atoms with E-state index in [1.54, 1.807) is 0 Å². The molecule has 72 valence electrons. The van der Waals surface area contributed by atoms with E-state index in [4.69, 9.17) is 29.4 Å². The van der Waals surface area contributed by atoms with Crippen molar-refractivity contribution in [1.29, 1.82) is 0 Å². The SMILES string of the molecule is OP(O)(O)=S.OP(O)(O)=S.[CH2].[Zn]. The van der Waals surface area contributed by atoms with Gasteiger partial charge in [-0.25, -0.2) is 0 Å². The fourth-order valence-electron chi connectivity index (χ4n) is 0. The van der Waals surface area contributed by atoms with Crippen molar-refractivity contribution in [3.05, 3.63) is 7.43 Å². The first-order chi connectivity index (χ1) is 4.00. The summed E-state index contributed by atoms with van der Waals surface area (Å²) in [4.78, 5) is 45.3. The molecule has 0 aliphatic heterocycles. The van der Waals surface area contributed by atoms with Gasteiger partial charge in [-0.2, -0.15) is 0 Å². The van der Waals surface area contributed by atoms with Crippen molar-refractivity contribution in [3.63, 3.8) is 0 Å². The third kappa shape index (κ3) is 471. The number of hydrogen-bond acceptors (Lipinski definition) is 2. The monoisotopic (exact) mass is 306 g/mol. The maximum atomic E-state index is 7.56. The van der Waals surface area contributed by atoms with Gasteiger partial charge in [0.15, 0.2) is 0 Å². The van der Waals surface area contributed by atoms with E-state index in [2.05, 4.69) is 23.6 Å². The molecule has 0 spiro atoms. The van der Waals surface area contributed by atoms with Gasteiger partial charge in [0.1, 0.15) is 0 Å². The van der Waals surface area contributed by atoms with Gasteiger partial charge in [-0.3, -0.25) is 0 Å². The number of rotatable bonds is 0. The maximum absolute atomic E-state index is 7.56. The van der Waals surface area contributed by atoms with Crippen molar-refractivity contribution in [2.75, 3.05) is 0 Å². The molecule has 0 aromatic carbocycles. The Bertz CT molecular complexity index is 136. The van der Waals surface area contributed by atoms with E-state index in [9.17, 15) is 0 Å². The normalized spacial score (nSPS) is 9.83. The second kappa shape index (κ2) is 9.25. The summed E-state index contributed by atoms with van der Waals surface area (Å²) in [5.41, 5.74) is 0. The van der Waals surface area contributed by atoms with Gasteiger partial charge >= 0.3 is 13.4 Å². The van der Waals surface area contributed by atoms with Crippen LogP contribution in [0.15, 0.2) is 0 Å². The van der Waals surface area contributed by atoms with Gasteiger partial charge in [0.05, 0.1) is 0 Å². The van der Waals surface area contributed by atoms with Gasteiger partial charge in [-0.05, 0) is 23.6 Å². The molecule has 0 aromatic rings. The zero-order chi connectivity index (χ0) is 9.00. The fourth-order valence-corrected chi connectivity index (χ4v) is 0. The van der Waals surface area contributed by atoms with Gasteiger partial charge < -0.3 is 29.4 Å². The number of hydrogen-bond donors (Lipinski definition) is 6. The molecule has 0 rings (SSSR count). The Kier molecular flexibility index (Phi) is 18.1. The quantitative estimate of drug-likeness (QED) is 0.241. The zero-order valence-electron chi connectivity index (χ0n) is 5.81. The molecule has 11 heteroatoms. The summed E-state index contributed by atoms with van der Waals surface area (Å²) in [5.74, 6) is 0. The molecule has 0 aromatic heterocycles. The molecule has 2 radical (unpaired) electrons. The molecule has 0 unspecified atom stereocenters. The second-order valence-electron chi connectivity index (χ2n) is 1.03. The summed E-state index contributed by atoms with van der Waals surface area (Å²) in [6.07, 6.45) is 0. The first-order valence-corrected chi connectivity index (χ1v) is 6.89. The van der Waals surface area contributed by atoms with Crippen LogP contribution in [0.2, 0.25) is 0 Å². The molecule has 0 bridgehead atoms. The third-order valence-corrected chi connectivity index (χ3v) is 0. The van der Waals surface area contributed by atoms with E-state index >= 15 is 0 Å². The average molecular weight is 308 g/mol. The Balaban J connectivity index is -0.0000000457. The van der Waals surface area contributed by atoms with Crippen LogP contribution in [0.1, 0.15) is 0 Å². The molecule has 0 aliphatic carbocycles. The van der Waals surface area contributed by atoms with Gasteiger partial charge in [0, 0.05) is 19.5 Å². The maximum Gasteiger partial charge on any atom is 0.319 e. The Morgan fingerprint density at radius 2 is 0.667 bits per heavy atom. The summed E-state index contributed by atoms with van der Waals surface area (Å²) >= 11 is 7.21. The molecule has 0 atom stereocenters. The van der Waals surface area contributed by atoms with Crippen LogP contribution < -0.4 is 0 Å². The fraction of sp³-hybridized carbons (Fsp3) is 0. The van der Waals surface area contributed by atoms with E-state index in [-0.39, 0.29) is 26.9 Å². The predicted octanol–water partition coefficient (Wildman–Crippen LogP) is -1.30. The van der Waals surface area contributed by atoms with Crippen molar-refractivity contribution >= 4 is 37.1 Å². The van der Waals surface area contributed by atoms with Crippen LogP contribution in [0, 0.1) is 7.43 Å². The van der Waals surface area contributed by atoms with Crippen molar-refractivity contribution in [3.8, 4) is 0 Å². The Hall–Kier alpha value is 1.68. The smallest absolute Gasteiger partial charge is 0.319 e. The third-order valence-electron chi connectivity index (χ3n) is 0. The molecule has 12 heavy (non-hydrogen) atoms. The van der Waals surface area contributed by atoms with Crippen LogP contribution in [0.4, 0.5) is 0 Å². The minimum atomic E-state index is -3.81. The van der Waals surface area contributed by atoms with Crippen molar-refractivity contribution in [2.45, 2.75) is 0 Å². The molecule has 0 heterocycles. The van der Waals surface area contributed by atoms with E-state index in [1.807, 2.05) is 0 Å². The summed E-state index contributed by atoms with van der Waals surface area (Å²) < 4.78 is 0. The van der Waals surface area contributed by atoms with Crippen molar-refractivity contribution in [1.82, 2.24) is 0 Å². The van der Waals surface area contributed by atoms with E-state index in [0.717, 1.165) is 0 Å². The molecule has 0 saturated carbocycles. The van der Waals surface area contributed by atoms with Crippen LogP contribution >= 0.6 is 13.4 Å². The minimum Gasteiger partial charge on any atom is -0.325 e. The molecule has 0 fully saturated rings. The predicted molar refractivity (Wildman–Crippen MR) is 47.2 cm³/mol. The molecule has 6 nitrogen and oxygen atoms in total. The van der Waals surface area contributed by atoms with Crippen LogP contribution in [0.5, 0.6) is 0 Å².